The molecule has 22 heavy (non-hydrogen) atoms. The highest BCUT2D eigenvalue weighted by Crippen LogP contribution is 2.27. The molecule has 2 rings (SSSR count). The van der Waals surface area contributed by atoms with E-state index in [2.05, 4.69) is 5.32 Å². The van der Waals surface area contributed by atoms with Crippen LogP contribution in [0.3, 0.4) is 0 Å². The lowest BCUT2D eigenvalue weighted by Gasteiger charge is -2.24. The highest BCUT2D eigenvalue weighted by atomic mass is 16.6. The maximum Gasteiger partial charge on any atom is 0.415 e. The fourth-order valence-electron chi connectivity index (χ4n) is 2.32. The molecule has 1 heterocycles. The first-order valence-electron chi connectivity index (χ1n) is 7.04. The van der Waals surface area contributed by atoms with Gasteiger partial charge in [0.1, 0.15) is 5.82 Å². The Morgan fingerprint density at radius 1 is 1.41 bits per heavy atom. The second-order valence-corrected chi connectivity index (χ2v) is 4.88. The lowest BCUT2D eigenvalue weighted by atomic mass is 10.2. The van der Waals surface area contributed by atoms with Gasteiger partial charge >= 0.3 is 6.09 Å². The molecule has 6 heteroatoms. The minimum absolute atomic E-state index is 0.210. The molecule has 0 saturated heterocycles. The van der Waals surface area contributed by atoms with Gasteiger partial charge in [-0.3, -0.25) is 9.69 Å². The molecule has 1 aromatic rings. The minimum atomic E-state index is -0.566. The van der Waals surface area contributed by atoms with Crippen molar-refractivity contribution in [1.82, 2.24) is 10.2 Å². The molecule has 1 atom stereocenters. The van der Waals surface area contributed by atoms with Crippen LogP contribution in [0.1, 0.15) is 30.6 Å². The van der Waals surface area contributed by atoms with Crippen molar-refractivity contribution in [3.8, 4) is 6.07 Å². The van der Waals surface area contributed by atoms with Crippen molar-refractivity contribution in [3.63, 3.8) is 0 Å². The normalized spacial score (nSPS) is 17.1. The van der Waals surface area contributed by atoms with Crippen molar-refractivity contribution in [2.75, 3.05) is 6.61 Å². The van der Waals surface area contributed by atoms with Crippen LogP contribution in [0.25, 0.3) is 0 Å². The highest BCUT2D eigenvalue weighted by Gasteiger charge is 2.35. The third kappa shape index (κ3) is 3.09. The van der Waals surface area contributed by atoms with Gasteiger partial charge in [0.15, 0.2) is 0 Å². The van der Waals surface area contributed by atoms with E-state index >= 15 is 0 Å². The Hall–Kier alpha value is -2.81. The second-order valence-electron chi connectivity index (χ2n) is 4.88. The van der Waals surface area contributed by atoms with Crippen LogP contribution in [0.5, 0.6) is 0 Å². The molecule has 0 spiro atoms. The summed E-state index contributed by atoms with van der Waals surface area (Å²) >= 11 is 0. The molecule has 2 amide bonds. The average Bonchev–Trinajstić information content (AvgIpc) is 2.84. The zero-order valence-corrected chi connectivity index (χ0v) is 12.5. The van der Waals surface area contributed by atoms with Crippen LogP contribution >= 0.6 is 0 Å². The number of amides is 2. The zero-order chi connectivity index (χ0) is 16.1. The van der Waals surface area contributed by atoms with E-state index in [0.717, 1.165) is 0 Å². The van der Waals surface area contributed by atoms with Crippen LogP contribution < -0.4 is 5.32 Å². The van der Waals surface area contributed by atoms with Crippen molar-refractivity contribution in [2.24, 2.45) is 0 Å². The number of nitriles is 1. The van der Waals surface area contributed by atoms with Gasteiger partial charge in [0, 0.05) is 18.0 Å². The lowest BCUT2D eigenvalue weighted by Crippen LogP contribution is -2.41. The molecule has 1 N–H and O–H groups in total. The van der Waals surface area contributed by atoms with Crippen LogP contribution in [-0.4, -0.2) is 29.5 Å². The Balaban J connectivity index is 2.26. The molecule has 0 saturated carbocycles. The highest BCUT2D eigenvalue weighted by molar-refractivity contribution is 5.95. The summed E-state index contributed by atoms with van der Waals surface area (Å²) in [6.45, 7) is 3.73. The monoisotopic (exact) mass is 299 g/mol. The molecule has 0 radical (unpaired) electrons. The number of hydrogen-bond donors (Lipinski definition) is 1. The summed E-state index contributed by atoms with van der Waals surface area (Å²) in [5.74, 6) is -0.158. The van der Waals surface area contributed by atoms with E-state index in [9.17, 15) is 14.9 Å². The largest absolute Gasteiger partial charge is 0.449 e. The van der Waals surface area contributed by atoms with Crippen LogP contribution in [0.15, 0.2) is 41.7 Å². The van der Waals surface area contributed by atoms with Gasteiger partial charge in [-0.1, -0.05) is 18.2 Å². The minimum Gasteiger partial charge on any atom is -0.449 e. The van der Waals surface area contributed by atoms with E-state index in [4.69, 9.17) is 4.74 Å². The smallest absolute Gasteiger partial charge is 0.415 e. The Morgan fingerprint density at radius 3 is 2.68 bits per heavy atom. The standard InChI is InChI=1S/C16H17N3O3/c1-3-22-16(21)19-11(2)9-13(10-17)14(19)18-15(20)12-7-5-4-6-8-12/h4-8,11H,3,9H2,1-2H3,(H,18,20). The lowest BCUT2D eigenvalue weighted by molar-refractivity contribution is 0.0923. The van der Waals surface area contributed by atoms with E-state index in [1.807, 2.05) is 6.07 Å². The van der Waals surface area contributed by atoms with E-state index in [1.54, 1.807) is 44.2 Å². The quantitative estimate of drug-likeness (QED) is 0.929. The Bertz CT molecular complexity index is 646. The maximum absolute atomic E-state index is 12.3. The maximum atomic E-state index is 12.3. The topological polar surface area (TPSA) is 82.4 Å². The molecule has 1 aliphatic rings. The molecular weight excluding hydrogens is 282 g/mol. The van der Waals surface area contributed by atoms with Crippen LogP contribution in [0.4, 0.5) is 4.79 Å². The SMILES string of the molecule is CCOC(=O)N1C(NC(=O)c2ccccc2)=C(C#N)CC1C. The predicted octanol–water partition coefficient (Wildman–Crippen LogP) is 2.40. The Labute approximate surface area is 129 Å². The van der Waals surface area contributed by atoms with Crippen molar-refractivity contribution >= 4 is 12.0 Å². The van der Waals surface area contributed by atoms with E-state index < -0.39 is 6.09 Å². The number of carbonyl (C=O) groups is 2. The summed E-state index contributed by atoms with van der Waals surface area (Å²) in [7, 11) is 0. The molecule has 1 aliphatic heterocycles. The molecule has 0 aromatic heterocycles. The third-order valence-corrected chi connectivity index (χ3v) is 3.33. The Kier molecular flexibility index (Phi) is 4.79. The molecule has 0 bridgehead atoms. The molecule has 6 nitrogen and oxygen atoms in total. The van der Waals surface area contributed by atoms with Gasteiger partial charge in [-0.15, -0.1) is 0 Å². The van der Waals surface area contributed by atoms with E-state index in [0.29, 0.717) is 17.6 Å². The number of carbonyl (C=O) groups excluding carboxylic acids is 2. The van der Waals surface area contributed by atoms with Crippen LogP contribution in [0, 0.1) is 11.3 Å². The molecule has 1 unspecified atom stereocenters. The first-order valence-corrected chi connectivity index (χ1v) is 7.04. The molecule has 1 aromatic carbocycles. The number of hydrogen-bond acceptors (Lipinski definition) is 4. The van der Waals surface area contributed by atoms with Gasteiger partial charge in [-0.2, -0.15) is 5.26 Å². The van der Waals surface area contributed by atoms with E-state index in [1.165, 1.54) is 4.90 Å². The van der Waals surface area contributed by atoms with Crippen molar-refractivity contribution < 1.29 is 14.3 Å². The molecule has 114 valence electrons. The number of nitrogens with zero attached hydrogens (tertiary/aromatic N) is 2. The van der Waals surface area contributed by atoms with Crippen molar-refractivity contribution in [1.29, 1.82) is 5.26 Å². The fraction of sp³-hybridized carbons (Fsp3) is 0.312. The first-order chi connectivity index (χ1) is 10.6. The van der Waals surface area contributed by atoms with Gasteiger partial charge in [-0.05, 0) is 26.0 Å². The molecule has 0 fully saturated rings. The summed E-state index contributed by atoms with van der Waals surface area (Å²) in [5, 5.41) is 11.9. The van der Waals surface area contributed by atoms with Gasteiger partial charge in [0.25, 0.3) is 5.91 Å². The summed E-state index contributed by atoms with van der Waals surface area (Å²) in [6, 6.07) is 10.4. The number of rotatable bonds is 3. The van der Waals surface area contributed by atoms with Gasteiger partial charge in [-0.25, -0.2) is 4.79 Å². The number of benzene rings is 1. The average molecular weight is 299 g/mol. The zero-order valence-electron chi connectivity index (χ0n) is 12.5. The molecule has 0 aliphatic carbocycles. The van der Waals surface area contributed by atoms with Gasteiger partial charge in [0.05, 0.1) is 18.2 Å². The first kappa shape index (κ1) is 15.6. The summed E-state index contributed by atoms with van der Waals surface area (Å²) < 4.78 is 5.00. The third-order valence-electron chi connectivity index (χ3n) is 3.33. The predicted molar refractivity (Wildman–Crippen MR) is 79.5 cm³/mol. The van der Waals surface area contributed by atoms with Gasteiger partial charge < -0.3 is 10.1 Å². The van der Waals surface area contributed by atoms with Crippen molar-refractivity contribution in [3.05, 3.63) is 47.3 Å². The number of ether oxygens (including phenoxy) is 1. The molecular formula is C16H17N3O3. The second kappa shape index (κ2) is 6.76. The van der Waals surface area contributed by atoms with Crippen molar-refractivity contribution in [2.45, 2.75) is 26.3 Å². The number of nitrogens with one attached hydrogen (secondary N) is 1. The summed E-state index contributed by atoms with van der Waals surface area (Å²) in [5.41, 5.74) is 0.820. The summed E-state index contributed by atoms with van der Waals surface area (Å²) in [4.78, 5) is 25.6. The van der Waals surface area contributed by atoms with Crippen LogP contribution in [0.2, 0.25) is 0 Å². The fourth-order valence-corrected chi connectivity index (χ4v) is 2.32. The van der Waals surface area contributed by atoms with Gasteiger partial charge in [0.2, 0.25) is 0 Å². The van der Waals surface area contributed by atoms with Crippen LogP contribution in [-0.2, 0) is 4.74 Å². The Morgan fingerprint density at radius 2 is 2.09 bits per heavy atom. The van der Waals surface area contributed by atoms with E-state index in [-0.39, 0.29) is 24.4 Å². The summed E-state index contributed by atoms with van der Waals surface area (Å²) in [6.07, 6.45) is -0.177.